The topological polar surface area (TPSA) is 107 Å². The van der Waals surface area contributed by atoms with E-state index >= 15 is 0 Å². The van der Waals surface area contributed by atoms with Gasteiger partial charge in [-0.05, 0) is 45.4 Å². The first-order valence-corrected chi connectivity index (χ1v) is 16.0. The quantitative estimate of drug-likeness (QED) is 0.337. The minimum Gasteiger partial charge on any atom is -0.466 e. The SMILES string of the molecule is CC.CCC(CC)N1CCC(C#N)(NC(=O)[C@H](CC2CCCCC2)NC(C)N2CCOCC2)C1.CCOC(C)=O.[HH].[HH]. The summed E-state index contributed by atoms with van der Waals surface area (Å²) in [5, 5.41) is 16.9. The fourth-order valence-electron chi connectivity index (χ4n) is 6.07. The van der Waals surface area contributed by atoms with Crippen molar-refractivity contribution in [1.29, 1.82) is 5.26 Å². The summed E-state index contributed by atoms with van der Waals surface area (Å²) in [7, 11) is 0. The van der Waals surface area contributed by atoms with E-state index in [-0.39, 0.29) is 26.9 Å². The van der Waals surface area contributed by atoms with Crippen LogP contribution < -0.4 is 10.6 Å². The molecule has 0 aromatic carbocycles. The van der Waals surface area contributed by atoms with Crippen LogP contribution in [0.4, 0.5) is 0 Å². The largest absolute Gasteiger partial charge is 0.466 e. The minimum atomic E-state index is -0.769. The summed E-state index contributed by atoms with van der Waals surface area (Å²) in [6.45, 7) is 19.0. The summed E-state index contributed by atoms with van der Waals surface area (Å²) in [5.41, 5.74) is -0.769. The van der Waals surface area contributed by atoms with Gasteiger partial charge in [0.1, 0.15) is 5.54 Å². The van der Waals surface area contributed by atoms with Gasteiger partial charge in [-0.15, -0.1) is 0 Å². The molecule has 1 aliphatic carbocycles. The average molecular weight is 570 g/mol. The van der Waals surface area contributed by atoms with E-state index in [0.29, 0.717) is 31.5 Å². The summed E-state index contributed by atoms with van der Waals surface area (Å²) in [5.74, 6) is 0.382. The predicted octanol–water partition coefficient (Wildman–Crippen LogP) is 4.95. The summed E-state index contributed by atoms with van der Waals surface area (Å²) >= 11 is 0. The monoisotopic (exact) mass is 569 g/mol. The molecule has 0 bridgehead atoms. The van der Waals surface area contributed by atoms with Crippen molar-refractivity contribution in [3.63, 3.8) is 0 Å². The highest BCUT2D eigenvalue weighted by atomic mass is 16.5. The molecule has 3 fully saturated rings. The Balaban J connectivity index is 0. The number of nitrogens with zero attached hydrogens (tertiary/aromatic N) is 3. The Bertz CT molecular complexity index is 756. The molecular formula is C31H63N5O4. The molecule has 0 aromatic heterocycles. The molecule has 0 radical (unpaired) electrons. The van der Waals surface area contributed by atoms with Crippen LogP contribution in [0.1, 0.15) is 109 Å². The van der Waals surface area contributed by atoms with Crippen LogP contribution in [0.3, 0.4) is 0 Å². The van der Waals surface area contributed by atoms with E-state index in [0.717, 1.165) is 52.1 Å². The zero-order valence-corrected chi connectivity index (χ0v) is 26.6. The van der Waals surface area contributed by atoms with Gasteiger partial charge in [-0.3, -0.25) is 24.7 Å². The maximum absolute atomic E-state index is 13.6. The Morgan fingerprint density at radius 2 is 1.70 bits per heavy atom. The summed E-state index contributed by atoms with van der Waals surface area (Å²) in [6.07, 6.45) is 10.1. The number of morpholine rings is 1. The van der Waals surface area contributed by atoms with Crippen molar-refractivity contribution in [2.75, 3.05) is 46.0 Å². The zero-order chi connectivity index (χ0) is 30.0. The second-order valence-electron chi connectivity index (χ2n) is 11.1. The lowest BCUT2D eigenvalue weighted by atomic mass is 9.84. The van der Waals surface area contributed by atoms with Gasteiger partial charge < -0.3 is 14.8 Å². The molecule has 3 atom stereocenters. The molecule has 2 unspecified atom stereocenters. The van der Waals surface area contributed by atoms with E-state index in [2.05, 4.69) is 52.0 Å². The second-order valence-corrected chi connectivity index (χ2v) is 11.1. The molecule has 2 heterocycles. The molecule has 2 N–H and O–H groups in total. The summed E-state index contributed by atoms with van der Waals surface area (Å²) < 4.78 is 9.90. The lowest BCUT2D eigenvalue weighted by Crippen LogP contribution is -2.60. The molecule has 0 spiro atoms. The number of carbonyl (C=O) groups excluding carboxylic acids is 2. The molecule has 236 valence electrons. The third-order valence-corrected chi connectivity index (χ3v) is 8.33. The molecule has 2 aliphatic heterocycles. The number of amides is 1. The molecule has 3 aliphatic rings. The molecule has 40 heavy (non-hydrogen) atoms. The van der Waals surface area contributed by atoms with Crippen molar-refractivity contribution in [1.82, 2.24) is 20.4 Å². The van der Waals surface area contributed by atoms with Gasteiger partial charge >= 0.3 is 5.97 Å². The zero-order valence-electron chi connectivity index (χ0n) is 26.6. The first-order valence-electron chi connectivity index (χ1n) is 16.0. The first kappa shape index (κ1) is 36.3. The Morgan fingerprint density at radius 1 is 1.07 bits per heavy atom. The van der Waals surface area contributed by atoms with Crippen LogP contribution in [0, 0.1) is 17.2 Å². The third-order valence-electron chi connectivity index (χ3n) is 8.33. The van der Waals surface area contributed by atoms with Gasteiger partial charge in [-0.1, -0.05) is 59.8 Å². The van der Waals surface area contributed by atoms with Crippen LogP contribution in [-0.2, 0) is 19.1 Å². The van der Waals surface area contributed by atoms with E-state index in [1.54, 1.807) is 6.92 Å². The van der Waals surface area contributed by atoms with Gasteiger partial charge in [0, 0.05) is 42.0 Å². The number of hydrogen-bond acceptors (Lipinski definition) is 8. The van der Waals surface area contributed by atoms with Crippen LogP contribution in [-0.4, -0.2) is 91.5 Å². The average Bonchev–Trinajstić information content (AvgIpc) is 3.39. The van der Waals surface area contributed by atoms with E-state index in [1.165, 1.54) is 39.0 Å². The van der Waals surface area contributed by atoms with Crippen molar-refractivity contribution in [3.05, 3.63) is 0 Å². The standard InChI is InChI=1S/C25H45N5O2.C4H8O2.C2H6.2H2/c1-4-22(5-2)30-12-11-25(18-26,19-30)28-24(31)23(17-21-9-7-6-8-10-21)27-20(3)29-13-15-32-16-14-29;1-3-6-4(2)5;1-2;;/h20-23,27H,4-17,19H2,1-3H3,(H,28,31);3H2,1-2H3;1-2H3;2*1H/t20?,23-,25?;;;;/m0..../s1. The molecule has 1 saturated carbocycles. The lowest BCUT2D eigenvalue weighted by Gasteiger charge is -2.37. The van der Waals surface area contributed by atoms with Gasteiger partial charge in [0.05, 0.1) is 38.1 Å². The van der Waals surface area contributed by atoms with Crippen LogP contribution >= 0.6 is 0 Å². The van der Waals surface area contributed by atoms with Crippen molar-refractivity contribution >= 4 is 11.9 Å². The Labute approximate surface area is 247 Å². The molecule has 3 rings (SSSR count). The van der Waals surface area contributed by atoms with Crippen LogP contribution in [0.25, 0.3) is 0 Å². The van der Waals surface area contributed by atoms with Crippen LogP contribution in [0.15, 0.2) is 0 Å². The molecule has 9 heteroatoms. The Morgan fingerprint density at radius 3 is 2.20 bits per heavy atom. The summed E-state index contributed by atoms with van der Waals surface area (Å²) in [4.78, 5) is 28.2. The highest BCUT2D eigenvalue weighted by Gasteiger charge is 2.43. The van der Waals surface area contributed by atoms with Crippen LogP contribution in [0.5, 0.6) is 0 Å². The van der Waals surface area contributed by atoms with Crippen molar-refractivity contribution in [3.8, 4) is 6.07 Å². The van der Waals surface area contributed by atoms with E-state index in [4.69, 9.17) is 4.74 Å². The number of carbonyl (C=O) groups is 2. The highest BCUT2D eigenvalue weighted by molar-refractivity contribution is 5.83. The smallest absolute Gasteiger partial charge is 0.302 e. The number of likely N-dealkylation sites (tertiary alicyclic amines) is 1. The highest BCUT2D eigenvalue weighted by Crippen LogP contribution is 2.29. The van der Waals surface area contributed by atoms with Crippen molar-refractivity contribution < 1.29 is 21.9 Å². The number of hydrogen-bond donors (Lipinski definition) is 2. The number of nitriles is 1. The molecule has 0 aromatic rings. The Hall–Kier alpha value is -1.73. The van der Waals surface area contributed by atoms with Crippen molar-refractivity contribution in [2.45, 2.75) is 130 Å². The number of rotatable bonds is 11. The number of esters is 1. The maximum atomic E-state index is 13.6. The fourth-order valence-corrected chi connectivity index (χ4v) is 6.07. The van der Waals surface area contributed by atoms with E-state index < -0.39 is 5.54 Å². The summed E-state index contributed by atoms with van der Waals surface area (Å²) in [6, 6.07) is 2.71. The maximum Gasteiger partial charge on any atom is 0.302 e. The fraction of sp³-hybridized carbons (Fsp3) is 0.903. The van der Waals surface area contributed by atoms with E-state index in [1.807, 2.05) is 13.8 Å². The molecule has 9 nitrogen and oxygen atoms in total. The molecule has 2 saturated heterocycles. The van der Waals surface area contributed by atoms with Gasteiger partial charge in [-0.25, -0.2) is 0 Å². The molecule has 1 amide bonds. The van der Waals surface area contributed by atoms with Gasteiger partial charge in [0.2, 0.25) is 5.91 Å². The third kappa shape index (κ3) is 12.4. The number of ether oxygens (including phenoxy) is 2. The van der Waals surface area contributed by atoms with Gasteiger partial charge in [-0.2, -0.15) is 5.26 Å². The van der Waals surface area contributed by atoms with Crippen LogP contribution in [0.2, 0.25) is 0 Å². The van der Waals surface area contributed by atoms with Gasteiger partial charge in [0.15, 0.2) is 0 Å². The lowest BCUT2D eigenvalue weighted by molar-refractivity contribution is -0.140. The second kappa shape index (κ2) is 20.2. The van der Waals surface area contributed by atoms with Gasteiger partial charge in [0.25, 0.3) is 0 Å². The first-order chi connectivity index (χ1) is 19.3. The Kier molecular flexibility index (Phi) is 18.3. The number of nitrogens with one attached hydrogen (secondary N) is 2. The van der Waals surface area contributed by atoms with Crippen molar-refractivity contribution in [2.24, 2.45) is 5.92 Å². The normalized spacial score (nSPS) is 23.6. The minimum absolute atomic E-state index is 0. The molecular weight excluding hydrogens is 506 g/mol. The predicted molar refractivity (Wildman–Crippen MR) is 165 cm³/mol. The van der Waals surface area contributed by atoms with E-state index in [9.17, 15) is 14.9 Å².